The molecule has 0 amide bonds. The quantitative estimate of drug-likeness (QED) is 0.925. The van der Waals surface area contributed by atoms with Gasteiger partial charge in [-0.2, -0.15) is 13.2 Å². The van der Waals surface area contributed by atoms with Crippen LogP contribution in [-0.2, 0) is 10.9 Å². The average molecular weight is 290 g/mol. The van der Waals surface area contributed by atoms with Crippen LogP contribution < -0.4 is 4.90 Å². The highest BCUT2D eigenvalue weighted by Crippen LogP contribution is 2.30. The van der Waals surface area contributed by atoms with E-state index in [0.29, 0.717) is 32.0 Å². The molecular weight excluding hydrogens is 273 g/mol. The molecule has 4 nitrogen and oxygen atoms in total. The predicted octanol–water partition coefficient (Wildman–Crippen LogP) is 2.08. The summed E-state index contributed by atoms with van der Waals surface area (Å²) in [6, 6.07) is 2.31. The van der Waals surface area contributed by atoms with Crippen LogP contribution in [0.5, 0.6) is 0 Å². The highest BCUT2D eigenvalue weighted by atomic mass is 19.4. The lowest BCUT2D eigenvalue weighted by Gasteiger charge is -2.37. The molecule has 2 heterocycles. The largest absolute Gasteiger partial charge is 0.417 e. The molecule has 1 aromatic rings. The van der Waals surface area contributed by atoms with E-state index in [1.807, 2.05) is 4.90 Å². The van der Waals surface area contributed by atoms with Gasteiger partial charge < -0.3 is 14.7 Å². The van der Waals surface area contributed by atoms with Gasteiger partial charge in [-0.3, -0.25) is 0 Å². The van der Waals surface area contributed by atoms with Crippen molar-refractivity contribution in [3.63, 3.8) is 0 Å². The molecule has 0 bridgehead atoms. The summed E-state index contributed by atoms with van der Waals surface area (Å²) in [7, 11) is 0. The third-order valence-electron chi connectivity index (χ3n) is 3.21. The van der Waals surface area contributed by atoms with Gasteiger partial charge in [0, 0.05) is 12.7 Å². The summed E-state index contributed by atoms with van der Waals surface area (Å²) in [5.41, 5.74) is -0.762. The second-order valence-electron chi connectivity index (χ2n) is 4.91. The van der Waals surface area contributed by atoms with Crippen LogP contribution in [0.4, 0.5) is 19.0 Å². The molecule has 0 unspecified atom stereocenters. The van der Waals surface area contributed by atoms with Crippen molar-refractivity contribution < 1.29 is 23.0 Å². The van der Waals surface area contributed by atoms with Crippen LogP contribution in [-0.4, -0.2) is 42.0 Å². The van der Waals surface area contributed by atoms with Crippen LogP contribution >= 0.6 is 0 Å². The molecule has 2 atom stereocenters. The Morgan fingerprint density at radius 3 is 2.80 bits per heavy atom. The highest BCUT2D eigenvalue weighted by molar-refractivity contribution is 5.41. The van der Waals surface area contributed by atoms with Gasteiger partial charge >= 0.3 is 6.18 Å². The number of aliphatic hydroxyl groups excluding tert-OH is 1. The number of hydrogen-bond donors (Lipinski definition) is 1. The first kappa shape index (κ1) is 15.1. The number of ether oxygens (including phenoxy) is 1. The minimum atomic E-state index is -4.38. The molecule has 2 rings (SSSR count). The minimum absolute atomic E-state index is 0.0759. The molecule has 1 saturated heterocycles. The highest BCUT2D eigenvalue weighted by Gasteiger charge is 2.31. The average Bonchev–Trinajstić information content (AvgIpc) is 2.38. The Bertz CT molecular complexity index is 434. The predicted molar refractivity (Wildman–Crippen MR) is 67.5 cm³/mol. The number of nitrogens with zero attached hydrogens (tertiary/aromatic N) is 2. The molecule has 1 aliphatic heterocycles. The summed E-state index contributed by atoms with van der Waals surface area (Å²) < 4.78 is 42.9. The molecule has 112 valence electrons. The minimum Gasteiger partial charge on any atom is -0.393 e. The standard InChI is InChI=1S/C13H17F3N2O2/c1-9(19)6-11-8-20-5-4-18(11)12-3-2-10(7-17-12)13(14,15)16/h2-3,7,9,11,19H,4-6,8H2,1H3/t9-,11-/m1/s1. The van der Waals surface area contributed by atoms with E-state index in [0.717, 1.165) is 12.3 Å². The molecule has 0 spiro atoms. The Morgan fingerprint density at radius 1 is 1.50 bits per heavy atom. The Labute approximate surface area is 115 Å². The summed E-state index contributed by atoms with van der Waals surface area (Å²) in [6.07, 6.45) is -3.55. The third-order valence-corrected chi connectivity index (χ3v) is 3.21. The topological polar surface area (TPSA) is 45.6 Å². The Hall–Kier alpha value is -1.34. The van der Waals surface area contributed by atoms with Gasteiger partial charge in [-0.1, -0.05) is 0 Å². The smallest absolute Gasteiger partial charge is 0.393 e. The molecule has 1 aromatic heterocycles. The van der Waals surface area contributed by atoms with E-state index in [4.69, 9.17) is 4.74 Å². The number of alkyl halides is 3. The van der Waals surface area contributed by atoms with E-state index >= 15 is 0 Å². The van der Waals surface area contributed by atoms with Crippen molar-refractivity contribution in [1.82, 2.24) is 4.98 Å². The maximum Gasteiger partial charge on any atom is 0.417 e. The van der Waals surface area contributed by atoms with Crippen LogP contribution in [0.2, 0.25) is 0 Å². The van der Waals surface area contributed by atoms with E-state index in [-0.39, 0.29) is 6.04 Å². The summed E-state index contributed by atoms with van der Waals surface area (Å²) >= 11 is 0. The van der Waals surface area contributed by atoms with E-state index in [2.05, 4.69) is 4.98 Å². The van der Waals surface area contributed by atoms with Crippen molar-refractivity contribution in [2.24, 2.45) is 0 Å². The SMILES string of the molecule is C[C@@H](O)C[C@@H]1COCCN1c1ccc(C(F)(F)F)cn1. The normalized spacial score (nSPS) is 21.9. The number of pyridine rings is 1. The summed E-state index contributed by atoms with van der Waals surface area (Å²) in [6.45, 7) is 3.16. The number of aliphatic hydroxyl groups is 1. The third kappa shape index (κ3) is 3.61. The number of halogens is 3. The van der Waals surface area contributed by atoms with Gasteiger partial charge in [-0.15, -0.1) is 0 Å². The molecule has 0 aromatic carbocycles. The molecule has 0 saturated carbocycles. The van der Waals surface area contributed by atoms with E-state index in [1.54, 1.807) is 6.92 Å². The van der Waals surface area contributed by atoms with Crippen molar-refractivity contribution in [2.75, 3.05) is 24.7 Å². The molecule has 1 aliphatic rings. The van der Waals surface area contributed by atoms with Gasteiger partial charge in [0.05, 0.1) is 30.9 Å². The maximum absolute atomic E-state index is 12.5. The second-order valence-corrected chi connectivity index (χ2v) is 4.91. The van der Waals surface area contributed by atoms with Gasteiger partial charge in [0.1, 0.15) is 5.82 Å². The number of anilines is 1. The summed E-state index contributed by atoms with van der Waals surface area (Å²) in [5, 5.41) is 9.47. The first-order chi connectivity index (χ1) is 9.38. The van der Waals surface area contributed by atoms with Crippen molar-refractivity contribution in [3.05, 3.63) is 23.9 Å². The Kier molecular flexibility index (Phi) is 4.49. The molecule has 1 N–H and O–H groups in total. The first-order valence-corrected chi connectivity index (χ1v) is 6.43. The number of aromatic nitrogens is 1. The van der Waals surface area contributed by atoms with Crippen LogP contribution in [0, 0.1) is 0 Å². The van der Waals surface area contributed by atoms with Crippen LogP contribution in [0.3, 0.4) is 0 Å². The monoisotopic (exact) mass is 290 g/mol. The van der Waals surface area contributed by atoms with Gasteiger partial charge in [0.15, 0.2) is 0 Å². The molecule has 20 heavy (non-hydrogen) atoms. The zero-order valence-electron chi connectivity index (χ0n) is 11.1. The lowest BCUT2D eigenvalue weighted by atomic mass is 10.1. The fourth-order valence-corrected chi connectivity index (χ4v) is 2.27. The maximum atomic E-state index is 12.5. The lowest BCUT2D eigenvalue weighted by molar-refractivity contribution is -0.137. The van der Waals surface area contributed by atoms with Crippen molar-refractivity contribution in [2.45, 2.75) is 31.7 Å². The molecule has 7 heteroatoms. The van der Waals surface area contributed by atoms with E-state index in [9.17, 15) is 18.3 Å². The Morgan fingerprint density at radius 2 is 2.25 bits per heavy atom. The van der Waals surface area contributed by atoms with Crippen LogP contribution in [0.25, 0.3) is 0 Å². The molecule has 0 radical (unpaired) electrons. The van der Waals surface area contributed by atoms with Crippen molar-refractivity contribution >= 4 is 5.82 Å². The molecular formula is C13H17F3N2O2. The number of morpholine rings is 1. The zero-order chi connectivity index (χ0) is 14.8. The van der Waals surface area contributed by atoms with Gasteiger partial charge in [-0.25, -0.2) is 4.98 Å². The fraction of sp³-hybridized carbons (Fsp3) is 0.615. The van der Waals surface area contributed by atoms with Crippen LogP contribution in [0.15, 0.2) is 18.3 Å². The molecule has 1 fully saturated rings. The van der Waals surface area contributed by atoms with Gasteiger partial charge in [0.2, 0.25) is 0 Å². The van der Waals surface area contributed by atoms with Crippen molar-refractivity contribution in [1.29, 1.82) is 0 Å². The second kappa shape index (κ2) is 5.97. The number of hydrogen-bond acceptors (Lipinski definition) is 4. The molecule has 0 aliphatic carbocycles. The fourth-order valence-electron chi connectivity index (χ4n) is 2.27. The zero-order valence-corrected chi connectivity index (χ0v) is 11.1. The Balaban J connectivity index is 2.15. The first-order valence-electron chi connectivity index (χ1n) is 6.43. The summed E-state index contributed by atoms with van der Waals surface area (Å²) in [5.74, 6) is 0.479. The van der Waals surface area contributed by atoms with Crippen molar-refractivity contribution in [3.8, 4) is 0 Å². The lowest BCUT2D eigenvalue weighted by Crippen LogP contribution is -2.47. The van der Waals surface area contributed by atoms with Gasteiger partial charge in [0.25, 0.3) is 0 Å². The van der Waals surface area contributed by atoms with E-state index < -0.39 is 17.8 Å². The van der Waals surface area contributed by atoms with E-state index in [1.165, 1.54) is 6.07 Å². The number of rotatable bonds is 3. The van der Waals surface area contributed by atoms with Crippen LogP contribution in [0.1, 0.15) is 18.9 Å². The summed E-state index contributed by atoms with van der Waals surface area (Å²) in [4.78, 5) is 5.78. The van der Waals surface area contributed by atoms with Gasteiger partial charge in [-0.05, 0) is 25.5 Å².